The van der Waals surface area contributed by atoms with Gasteiger partial charge in [0.25, 0.3) is 0 Å². The molecule has 0 fully saturated rings. The lowest BCUT2D eigenvalue weighted by Gasteiger charge is -2.12. The zero-order chi connectivity index (χ0) is 25.6. The maximum Gasteiger partial charge on any atom is -0.00987 e. The van der Waals surface area contributed by atoms with E-state index in [9.17, 15) is 0 Å². The van der Waals surface area contributed by atoms with E-state index in [4.69, 9.17) is 0 Å². The normalized spacial score (nSPS) is 12.1. The quantitative estimate of drug-likeness (QED) is 0.161. The molecule has 0 N–H and O–H groups in total. The molecule has 0 aliphatic rings. The fraction of sp³-hybridized carbons (Fsp3) is 0.211. The van der Waals surface area contributed by atoms with Gasteiger partial charge in [-0.15, -0.1) is 0 Å². The summed E-state index contributed by atoms with van der Waals surface area (Å²) < 4.78 is 0. The second kappa shape index (κ2) is 9.44. The lowest BCUT2D eigenvalue weighted by molar-refractivity contribution is 0.796. The van der Waals surface area contributed by atoms with Gasteiger partial charge in [0.2, 0.25) is 0 Å². The number of hydrogen-bond acceptors (Lipinski definition) is 0. The van der Waals surface area contributed by atoms with Gasteiger partial charge in [0.15, 0.2) is 0 Å². The lowest BCUT2D eigenvalue weighted by Crippen LogP contribution is -1.87. The van der Waals surface area contributed by atoms with Crippen LogP contribution in [0.4, 0.5) is 0 Å². The minimum atomic E-state index is 1.16. The van der Waals surface area contributed by atoms with Crippen LogP contribution in [0.25, 0.3) is 64.6 Å². The highest BCUT2D eigenvalue weighted by atomic mass is 14.1. The van der Waals surface area contributed by atoms with Crippen LogP contribution < -0.4 is 0 Å². The Bertz CT molecular complexity index is 1840. The molecule has 38 heavy (non-hydrogen) atoms. The first-order valence-corrected chi connectivity index (χ1v) is 14.4. The average Bonchev–Trinajstić information content (AvgIpc) is 2.96. The van der Waals surface area contributed by atoms with Gasteiger partial charge < -0.3 is 0 Å². The van der Waals surface area contributed by atoms with E-state index in [2.05, 4.69) is 111 Å². The van der Waals surface area contributed by atoms with Crippen LogP contribution in [-0.4, -0.2) is 0 Å². The summed E-state index contributed by atoms with van der Waals surface area (Å²) in [6.07, 6.45) is 7.31. The van der Waals surface area contributed by atoms with Gasteiger partial charge in [0.05, 0.1) is 0 Å². The molecular formula is C38H34. The van der Waals surface area contributed by atoms with Crippen LogP contribution >= 0.6 is 0 Å². The van der Waals surface area contributed by atoms with Crippen molar-refractivity contribution in [2.45, 2.75) is 52.4 Å². The van der Waals surface area contributed by atoms with Crippen molar-refractivity contribution in [2.24, 2.45) is 0 Å². The first-order valence-electron chi connectivity index (χ1n) is 14.4. The van der Waals surface area contributed by atoms with Crippen LogP contribution in [0.5, 0.6) is 0 Å². The van der Waals surface area contributed by atoms with E-state index in [0.29, 0.717) is 0 Å². The van der Waals surface area contributed by atoms with E-state index in [-0.39, 0.29) is 0 Å². The third-order valence-corrected chi connectivity index (χ3v) is 8.55. The van der Waals surface area contributed by atoms with E-state index >= 15 is 0 Å². The Morgan fingerprint density at radius 2 is 0.684 bits per heavy atom. The van der Waals surface area contributed by atoms with Crippen LogP contribution in [0.2, 0.25) is 0 Å². The standard InChI is InChI=1S/C38H34/c1-3-5-7-25-9-15-31-27(21-25)11-19-35-33(31)17-13-29-24-38-30(23-37(29)35)14-18-34-32-16-10-26(8-6-4-2)22-28(32)12-20-36(34)38/h9-24H,3-8H2,1-2H3. The maximum atomic E-state index is 2.41. The summed E-state index contributed by atoms with van der Waals surface area (Å²) in [6, 6.07) is 37.5. The predicted octanol–water partition coefficient (Wildman–Crippen LogP) is 11.3. The first kappa shape index (κ1) is 23.2. The van der Waals surface area contributed by atoms with Crippen molar-refractivity contribution in [3.63, 3.8) is 0 Å². The highest BCUT2D eigenvalue weighted by molar-refractivity contribution is 6.23. The molecule has 0 aliphatic heterocycles. The van der Waals surface area contributed by atoms with Crippen LogP contribution in [0.1, 0.15) is 50.7 Å². The molecule has 0 aliphatic carbocycles. The Balaban J connectivity index is 1.39. The minimum Gasteiger partial charge on any atom is -0.0654 e. The van der Waals surface area contributed by atoms with Crippen LogP contribution in [0.3, 0.4) is 0 Å². The number of aryl methyl sites for hydroxylation is 2. The summed E-state index contributed by atoms with van der Waals surface area (Å²) in [4.78, 5) is 0. The minimum absolute atomic E-state index is 1.16. The number of unbranched alkanes of at least 4 members (excludes halogenated alkanes) is 2. The van der Waals surface area contributed by atoms with Crippen LogP contribution in [0.15, 0.2) is 97.1 Å². The number of hydrogen-bond donors (Lipinski definition) is 0. The Hall–Kier alpha value is -3.90. The molecule has 0 heteroatoms. The highest BCUT2D eigenvalue weighted by Crippen LogP contribution is 2.37. The molecule has 0 amide bonds. The molecule has 0 unspecified atom stereocenters. The van der Waals surface area contributed by atoms with Crippen LogP contribution in [0, 0.1) is 0 Å². The lowest BCUT2D eigenvalue weighted by atomic mass is 9.91. The SMILES string of the molecule is CCCCc1ccc2c(ccc3c4cc5ccc6c7ccc(CCCC)cc7ccc6c5cc4ccc23)c1. The zero-order valence-electron chi connectivity index (χ0n) is 22.5. The molecule has 7 rings (SSSR count). The monoisotopic (exact) mass is 490 g/mol. The summed E-state index contributed by atoms with van der Waals surface area (Å²) in [5.74, 6) is 0. The van der Waals surface area contributed by atoms with Crippen molar-refractivity contribution in [1.82, 2.24) is 0 Å². The summed E-state index contributed by atoms with van der Waals surface area (Å²) in [6.45, 7) is 4.52. The van der Waals surface area contributed by atoms with Gasteiger partial charge in [-0.1, -0.05) is 112 Å². The number of rotatable bonds is 6. The Morgan fingerprint density at radius 1 is 0.342 bits per heavy atom. The summed E-state index contributed by atoms with van der Waals surface area (Å²) >= 11 is 0. The van der Waals surface area contributed by atoms with Gasteiger partial charge in [-0.25, -0.2) is 0 Å². The Morgan fingerprint density at radius 3 is 1.08 bits per heavy atom. The predicted molar refractivity (Wildman–Crippen MR) is 169 cm³/mol. The third kappa shape index (κ3) is 3.82. The largest absolute Gasteiger partial charge is 0.0654 e. The van der Waals surface area contributed by atoms with Crippen LogP contribution in [-0.2, 0) is 12.8 Å². The molecule has 0 nitrogen and oxygen atoms in total. The summed E-state index contributed by atoms with van der Waals surface area (Å²) in [7, 11) is 0. The van der Waals surface area contributed by atoms with E-state index in [1.54, 1.807) is 0 Å². The Labute approximate surface area is 224 Å². The fourth-order valence-corrected chi connectivity index (χ4v) is 6.43. The van der Waals surface area contributed by atoms with Crippen molar-refractivity contribution in [3.05, 3.63) is 108 Å². The van der Waals surface area contributed by atoms with Crippen molar-refractivity contribution in [3.8, 4) is 0 Å². The molecular weight excluding hydrogens is 456 g/mol. The number of fused-ring (bicyclic) bond motifs is 10. The third-order valence-electron chi connectivity index (χ3n) is 8.55. The second-order valence-electron chi connectivity index (χ2n) is 11.1. The van der Waals surface area contributed by atoms with E-state index in [1.165, 1.54) is 101 Å². The van der Waals surface area contributed by atoms with E-state index in [1.807, 2.05) is 0 Å². The molecule has 7 aromatic rings. The molecule has 0 saturated heterocycles. The zero-order valence-corrected chi connectivity index (χ0v) is 22.5. The maximum absolute atomic E-state index is 2.41. The molecule has 0 saturated carbocycles. The molecule has 0 atom stereocenters. The summed E-state index contributed by atoms with van der Waals surface area (Å²) in [5.41, 5.74) is 2.89. The van der Waals surface area contributed by atoms with E-state index in [0.717, 1.165) is 12.8 Å². The molecule has 186 valence electrons. The smallest absolute Gasteiger partial charge is 0.00987 e. The Kier molecular flexibility index (Phi) is 5.77. The van der Waals surface area contributed by atoms with Gasteiger partial charge in [0.1, 0.15) is 0 Å². The molecule has 0 bridgehead atoms. The number of benzene rings is 7. The van der Waals surface area contributed by atoms with Gasteiger partial charge in [-0.05, 0) is 114 Å². The van der Waals surface area contributed by atoms with Crippen molar-refractivity contribution >= 4 is 64.6 Å². The van der Waals surface area contributed by atoms with Crippen molar-refractivity contribution in [1.29, 1.82) is 0 Å². The molecule has 7 aromatic carbocycles. The van der Waals surface area contributed by atoms with Crippen molar-refractivity contribution in [2.75, 3.05) is 0 Å². The first-order chi connectivity index (χ1) is 18.7. The van der Waals surface area contributed by atoms with Crippen molar-refractivity contribution < 1.29 is 0 Å². The fourth-order valence-electron chi connectivity index (χ4n) is 6.43. The van der Waals surface area contributed by atoms with E-state index < -0.39 is 0 Å². The highest BCUT2D eigenvalue weighted by Gasteiger charge is 2.10. The molecule has 0 heterocycles. The molecule has 0 aromatic heterocycles. The topological polar surface area (TPSA) is 0 Å². The average molecular weight is 491 g/mol. The van der Waals surface area contributed by atoms with Gasteiger partial charge in [0, 0.05) is 0 Å². The molecule has 0 radical (unpaired) electrons. The summed E-state index contributed by atoms with van der Waals surface area (Å²) in [5, 5.41) is 16.1. The van der Waals surface area contributed by atoms with Gasteiger partial charge >= 0.3 is 0 Å². The van der Waals surface area contributed by atoms with Gasteiger partial charge in [-0.3, -0.25) is 0 Å². The second-order valence-corrected chi connectivity index (χ2v) is 11.1. The van der Waals surface area contributed by atoms with Gasteiger partial charge in [-0.2, -0.15) is 0 Å². The molecule has 0 spiro atoms.